The fourth-order valence-electron chi connectivity index (χ4n) is 1.84. The van der Waals surface area contributed by atoms with E-state index in [1.54, 1.807) is 31.3 Å². The second kappa shape index (κ2) is 5.04. The Morgan fingerprint density at radius 1 is 1.28 bits per heavy atom. The van der Waals surface area contributed by atoms with Gasteiger partial charge in [0.2, 0.25) is 0 Å². The molecule has 0 saturated carbocycles. The number of aromatic nitrogens is 1. The first-order valence-electron chi connectivity index (χ1n) is 5.59. The van der Waals surface area contributed by atoms with Crippen molar-refractivity contribution in [2.24, 2.45) is 0 Å². The SMILES string of the molecule is Cc1cc(-c2ccc(Cl)cc2F)c(C(C)O)cn1. The molecule has 1 heterocycles. The van der Waals surface area contributed by atoms with Crippen molar-refractivity contribution in [1.29, 1.82) is 0 Å². The van der Waals surface area contributed by atoms with Gasteiger partial charge >= 0.3 is 0 Å². The largest absolute Gasteiger partial charge is 0.389 e. The number of benzene rings is 1. The van der Waals surface area contributed by atoms with Gasteiger partial charge in [0.15, 0.2) is 0 Å². The van der Waals surface area contributed by atoms with Gasteiger partial charge in [-0.05, 0) is 43.7 Å². The minimum absolute atomic E-state index is 0.348. The summed E-state index contributed by atoms with van der Waals surface area (Å²) < 4.78 is 13.9. The van der Waals surface area contributed by atoms with Crippen LogP contribution < -0.4 is 0 Å². The van der Waals surface area contributed by atoms with Crippen LogP contribution in [0.5, 0.6) is 0 Å². The van der Waals surface area contributed by atoms with Crippen LogP contribution in [-0.4, -0.2) is 10.1 Å². The minimum Gasteiger partial charge on any atom is -0.389 e. The molecule has 0 saturated heterocycles. The predicted molar refractivity (Wildman–Crippen MR) is 70.0 cm³/mol. The van der Waals surface area contributed by atoms with Gasteiger partial charge in [-0.1, -0.05) is 11.6 Å². The van der Waals surface area contributed by atoms with Gasteiger partial charge in [0.05, 0.1) is 6.10 Å². The lowest BCUT2D eigenvalue weighted by Crippen LogP contribution is -1.99. The van der Waals surface area contributed by atoms with Crippen molar-refractivity contribution < 1.29 is 9.50 Å². The van der Waals surface area contributed by atoms with E-state index in [0.717, 1.165) is 5.69 Å². The highest BCUT2D eigenvalue weighted by atomic mass is 35.5. The van der Waals surface area contributed by atoms with Gasteiger partial charge < -0.3 is 5.11 Å². The number of aliphatic hydroxyl groups is 1. The van der Waals surface area contributed by atoms with Gasteiger partial charge in [-0.15, -0.1) is 0 Å². The van der Waals surface area contributed by atoms with Crippen LogP contribution in [0.2, 0.25) is 5.02 Å². The lowest BCUT2D eigenvalue weighted by atomic mass is 9.97. The van der Waals surface area contributed by atoms with E-state index >= 15 is 0 Å². The lowest BCUT2D eigenvalue weighted by molar-refractivity contribution is 0.199. The van der Waals surface area contributed by atoms with E-state index in [2.05, 4.69) is 4.98 Å². The molecule has 1 aromatic heterocycles. The van der Waals surface area contributed by atoms with E-state index in [-0.39, 0.29) is 0 Å². The van der Waals surface area contributed by atoms with Crippen LogP contribution in [0.1, 0.15) is 24.3 Å². The molecule has 1 atom stereocenters. The third-order valence-electron chi connectivity index (χ3n) is 2.74. The highest BCUT2D eigenvalue weighted by Crippen LogP contribution is 2.31. The summed E-state index contributed by atoms with van der Waals surface area (Å²) in [6.07, 6.45) is 0.867. The molecule has 0 spiro atoms. The molecule has 1 N–H and O–H groups in total. The summed E-state index contributed by atoms with van der Waals surface area (Å²) in [5.41, 5.74) is 2.43. The summed E-state index contributed by atoms with van der Waals surface area (Å²) in [4.78, 5) is 4.13. The number of halogens is 2. The van der Waals surface area contributed by atoms with E-state index in [1.165, 1.54) is 6.07 Å². The first kappa shape index (κ1) is 13.0. The molecule has 0 fully saturated rings. The van der Waals surface area contributed by atoms with E-state index in [0.29, 0.717) is 21.7 Å². The van der Waals surface area contributed by atoms with Crippen LogP contribution in [0.25, 0.3) is 11.1 Å². The van der Waals surface area contributed by atoms with Crippen LogP contribution in [0.3, 0.4) is 0 Å². The number of nitrogens with zero attached hydrogens (tertiary/aromatic N) is 1. The van der Waals surface area contributed by atoms with Gasteiger partial charge in [0.1, 0.15) is 5.82 Å². The molecule has 94 valence electrons. The molecule has 2 rings (SSSR count). The number of hydrogen-bond donors (Lipinski definition) is 1. The smallest absolute Gasteiger partial charge is 0.132 e. The Hall–Kier alpha value is -1.45. The molecule has 2 aromatic rings. The van der Waals surface area contributed by atoms with Gasteiger partial charge in [-0.3, -0.25) is 4.98 Å². The molecular weight excluding hydrogens is 253 g/mol. The van der Waals surface area contributed by atoms with Crippen molar-refractivity contribution in [3.8, 4) is 11.1 Å². The number of pyridine rings is 1. The van der Waals surface area contributed by atoms with Crippen molar-refractivity contribution in [1.82, 2.24) is 4.98 Å². The fraction of sp³-hybridized carbons (Fsp3) is 0.214. The Labute approximate surface area is 110 Å². The molecule has 0 bridgehead atoms. The van der Waals surface area contributed by atoms with Crippen molar-refractivity contribution in [2.45, 2.75) is 20.0 Å². The van der Waals surface area contributed by atoms with Crippen molar-refractivity contribution in [3.05, 3.63) is 52.6 Å². The summed E-state index contributed by atoms with van der Waals surface area (Å²) in [6.45, 7) is 3.45. The molecule has 1 aromatic carbocycles. The monoisotopic (exact) mass is 265 g/mol. The fourth-order valence-corrected chi connectivity index (χ4v) is 2.00. The maximum Gasteiger partial charge on any atom is 0.132 e. The van der Waals surface area contributed by atoms with E-state index in [9.17, 15) is 9.50 Å². The highest BCUT2D eigenvalue weighted by molar-refractivity contribution is 6.30. The normalized spacial score (nSPS) is 12.5. The zero-order valence-corrected chi connectivity index (χ0v) is 10.9. The van der Waals surface area contributed by atoms with Crippen LogP contribution in [0.4, 0.5) is 4.39 Å². The zero-order valence-electron chi connectivity index (χ0n) is 10.1. The van der Waals surface area contributed by atoms with E-state index in [4.69, 9.17) is 11.6 Å². The van der Waals surface area contributed by atoms with Crippen molar-refractivity contribution in [2.75, 3.05) is 0 Å². The molecule has 0 aliphatic rings. The molecule has 0 amide bonds. The van der Waals surface area contributed by atoms with Gasteiger partial charge in [0.25, 0.3) is 0 Å². The Morgan fingerprint density at radius 3 is 2.61 bits per heavy atom. The van der Waals surface area contributed by atoms with Gasteiger partial charge in [0, 0.05) is 28.0 Å². The number of aliphatic hydroxyl groups excluding tert-OH is 1. The third kappa shape index (κ3) is 2.52. The topological polar surface area (TPSA) is 33.1 Å². The molecule has 0 aliphatic carbocycles. The quantitative estimate of drug-likeness (QED) is 0.893. The molecule has 0 aliphatic heterocycles. The standard InChI is InChI=1S/C14H13ClFNO/c1-8-5-12(13(7-17-8)9(2)18)11-4-3-10(15)6-14(11)16/h3-7,9,18H,1-2H3. The molecule has 2 nitrogen and oxygen atoms in total. The number of hydrogen-bond acceptors (Lipinski definition) is 2. The Morgan fingerprint density at radius 2 is 2.00 bits per heavy atom. The second-order valence-corrected chi connectivity index (χ2v) is 4.65. The first-order valence-corrected chi connectivity index (χ1v) is 5.97. The van der Waals surface area contributed by atoms with Crippen LogP contribution >= 0.6 is 11.6 Å². The van der Waals surface area contributed by atoms with Crippen molar-refractivity contribution in [3.63, 3.8) is 0 Å². The van der Waals surface area contributed by atoms with Gasteiger partial charge in [-0.2, -0.15) is 0 Å². The molecule has 1 unspecified atom stereocenters. The average molecular weight is 266 g/mol. The molecule has 4 heteroatoms. The maximum atomic E-state index is 13.9. The highest BCUT2D eigenvalue weighted by Gasteiger charge is 2.14. The summed E-state index contributed by atoms with van der Waals surface area (Å²) in [5, 5.41) is 10.1. The summed E-state index contributed by atoms with van der Waals surface area (Å²) >= 11 is 5.74. The Bertz CT molecular complexity index is 584. The Kier molecular flexibility index (Phi) is 3.64. The van der Waals surface area contributed by atoms with Gasteiger partial charge in [-0.25, -0.2) is 4.39 Å². The second-order valence-electron chi connectivity index (χ2n) is 4.21. The van der Waals surface area contributed by atoms with E-state index in [1.807, 2.05) is 6.92 Å². The van der Waals surface area contributed by atoms with Crippen molar-refractivity contribution >= 4 is 11.6 Å². The predicted octanol–water partition coefficient (Wildman–Crippen LogP) is 3.90. The molecule has 0 radical (unpaired) electrons. The van der Waals surface area contributed by atoms with E-state index < -0.39 is 11.9 Å². The van der Waals surface area contributed by atoms with Crippen LogP contribution in [-0.2, 0) is 0 Å². The third-order valence-corrected chi connectivity index (χ3v) is 2.98. The zero-order chi connectivity index (χ0) is 13.3. The average Bonchev–Trinajstić information content (AvgIpc) is 2.28. The summed E-state index contributed by atoms with van der Waals surface area (Å²) in [7, 11) is 0. The lowest BCUT2D eigenvalue weighted by Gasteiger charge is -2.13. The minimum atomic E-state index is -0.705. The molecule has 18 heavy (non-hydrogen) atoms. The maximum absolute atomic E-state index is 13.9. The number of aryl methyl sites for hydroxylation is 1. The summed E-state index contributed by atoms with van der Waals surface area (Å²) in [6, 6.07) is 6.26. The first-order chi connectivity index (χ1) is 8.49. The number of rotatable bonds is 2. The summed E-state index contributed by atoms with van der Waals surface area (Å²) in [5.74, 6) is -0.407. The van der Waals surface area contributed by atoms with Crippen LogP contribution in [0, 0.1) is 12.7 Å². The molecular formula is C14H13ClFNO. The Balaban J connectivity index is 2.65. The van der Waals surface area contributed by atoms with Crippen LogP contribution in [0.15, 0.2) is 30.5 Å².